The van der Waals surface area contributed by atoms with Gasteiger partial charge in [-0.15, -0.1) is 0 Å². The van der Waals surface area contributed by atoms with Gasteiger partial charge in [-0.3, -0.25) is 9.98 Å². The summed E-state index contributed by atoms with van der Waals surface area (Å²) in [6.07, 6.45) is 3.50. The summed E-state index contributed by atoms with van der Waals surface area (Å²) >= 11 is 0.165. The van der Waals surface area contributed by atoms with E-state index in [1.165, 1.54) is 6.21 Å². The second-order valence-corrected chi connectivity index (χ2v) is 5.54. The number of hydrogen-bond acceptors (Lipinski definition) is 3. The molecular formula is C17H21FN2S. The van der Waals surface area contributed by atoms with Crippen LogP contribution < -0.4 is 0 Å². The maximum Gasteiger partial charge on any atom is 0.0847 e. The molecule has 1 rings (SSSR count). The summed E-state index contributed by atoms with van der Waals surface area (Å²) in [5.41, 5.74) is 4.78. The molecule has 0 fully saturated rings. The maximum atomic E-state index is 13.0. The Balaban J connectivity index is 3.43. The topological polar surface area (TPSA) is 24.7 Å². The van der Waals surface area contributed by atoms with E-state index in [9.17, 15) is 3.89 Å². The van der Waals surface area contributed by atoms with Crippen LogP contribution in [-0.4, -0.2) is 19.0 Å². The highest BCUT2D eigenvalue weighted by molar-refractivity contribution is 7.99. The van der Waals surface area contributed by atoms with Crippen LogP contribution in [0.3, 0.4) is 0 Å². The predicted octanol–water partition coefficient (Wildman–Crippen LogP) is 5.30. The number of nitrogens with zero attached hydrogens (tertiary/aromatic N) is 2. The minimum absolute atomic E-state index is 0.165. The molecule has 0 aliphatic heterocycles. The Morgan fingerprint density at radius 1 is 1.19 bits per heavy atom. The van der Waals surface area contributed by atoms with Crippen LogP contribution in [0.4, 0.5) is 3.89 Å². The lowest BCUT2D eigenvalue weighted by atomic mass is 10.0. The summed E-state index contributed by atoms with van der Waals surface area (Å²) in [5, 5.41) is 0. The average molecular weight is 304 g/mol. The lowest BCUT2D eigenvalue weighted by Crippen LogP contribution is -2.01. The van der Waals surface area contributed by atoms with Crippen LogP contribution in [0.5, 0.6) is 0 Å². The van der Waals surface area contributed by atoms with E-state index in [-0.39, 0.29) is 12.1 Å². The molecule has 0 saturated heterocycles. The first-order valence-electron chi connectivity index (χ1n) is 6.70. The molecule has 21 heavy (non-hydrogen) atoms. The van der Waals surface area contributed by atoms with Crippen molar-refractivity contribution in [2.75, 3.05) is 7.05 Å². The third kappa shape index (κ3) is 5.31. The first-order valence-corrected chi connectivity index (χ1v) is 7.42. The van der Waals surface area contributed by atoms with E-state index >= 15 is 0 Å². The van der Waals surface area contributed by atoms with Gasteiger partial charge in [0.15, 0.2) is 0 Å². The number of benzene rings is 1. The Hall–Kier alpha value is -1.68. The number of aliphatic imine (C=N–C) groups is 2. The fourth-order valence-corrected chi connectivity index (χ4v) is 2.13. The Morgan fingerprint density at radius 3 is 2.38 bits per heavy atom. The quantitative estimate of drug-likeness (QED) is 0.677. The zero-order valence-corrected chi connectivity index (χ0v) is 14.0. The van der Waals surface area contributed by atoms with E-state index < -0.39 is 0 Å². The Kier molecular flexibility index (Phi) is 7.09. The Bertz CT molecular complexity index is 609. The molecule has 0 amide bonds. The second kappa shape index (κ2) is 8.57. The normalized spacial score (nSPS) is 13.3. The molecule has 0 atom stereocenters. The van der Waals surface area contributed by atoms with Crippen molar-refractivity contribution in [2.45, 2.75) is 27.7 Å². The van der Waals surface area contributed by atoms with Crippen molar-refractivity contribution < 1.29 is 3.89 Å². The van der Waals surface area contributed by atoms with E-state index in [1.54, 1.807) is 14.0 Å². The van der Waals surface area contributed by atoms with Gasteiger partial charge in [-0.05, 0) is 39.3 Å². The average Bonchev–Trinajstić information content (AvgIpc) is 2.44. The van der Waals surface area contributed by atoms with Gasteiger partial charge in [-0.25, -0.2) is 0 Å². The smallest absolute Gasteiger partial charge is 0.0847 e. The summed E-state index contributed by atoms with van der Waals surface area (Å²) in [6.45, 7) is 7.87. The van der Waals surface area contributed by atoms with Crippen LogP contribution in [0.2, 0.25) is 0 Å². The summed E-state index contributed by atoms with van der Waals surface area (Å²) in [5.74, 6) is 0. The van der Waals surface area contributed by atoms with E-state index in [0.29, 0.717) is 10.6 Å². The molecule has 0 spiro atoms. The van der Waals surface area contributed by atoms with Gasteiger partial charge in [0.05, 0.1) is 28.5 Å². The van der Waals surface area contributed by atoms with Crippen molar-refractivity contribution >= 4 is 24.1 Å². The molecule has 1 aromatic carbocycles. The van der Waals surface area contributed by atoms with E-state index in [2.05, 4.69) is 9.98 Å². The monoisotopic (exact) mass is 304 g/mol. The molecule has 4 heteroatoms. The zero-order chi connectivity index (χ0) is 15.8. The first kappa shape index (κ1) is 17.4. The highest BCUT2D eigenvalue weighted by Gasteiger charge is 2.06. The van der Waals surface area contributed by atoms with Gasteiger partial charge in [0.1, 0.15) is 0 Å². The number of allylic oxidation sites excluding steroid dienone is 4. The molecular weight excluding hydrogens is 283 g/mol. The van der Waals surface area contributed by atoms with Crippen molar-refractivity contribution in [1.82, 2.24) is 0 Å². The van der Waals surface area contributed by atoms with E-state index in [4.69, 9.17) is 0 Å². The van der Waals surface area contributed by atoms with E-state index in [1.807, 2.05) is 51.1 Å². The molecule has 112 valence electrons. The molecule has 0 saturated carbocycles. The highest BCUT2D eigenvalue weighted by atomic mass is 32.2. The summed E-state index contributed by atoms with van der Waals surface area (Å²) in [4.78, 5) is 8.89. The van der Waals surface area contributed by atoms with Crippen molar-refractivity contribution in [3.8, 4) is 0 Å². The van der Waals surface area contributed by atoms with Gasteiger partial charge in [0.25, 0.3) is 0 Å². The number of halogens is 1. The molecule has 0 aliphatic carbocycles. The second-order valence-electron chi connectivity index (χ2n) is 4.95. The van der Waals surface area contributed by atoms with Crippen LogP contribution in [0.25, 0.3) is 0 Å². The lowest BCUT2D eigenvalue weighted by Gasteiger charge is -2.08. The van der Waals surface area contributed by atoms with Crippen molar-refractivity contribution in [1.29, 1.82) is 0 Å². The van der Waals surface area contributed by atoms with Crippen LogP contribution in [0.15, 0.2) is 56.5 Å². The van der Waals surface area contributed by atoms with Crippen LogP contribution in [-0.2, 0) is 0 Å². The van der Waals surface area contributed by atoms with Crippen molar-refractivity contribution in [3.63, 3.8) is 0 Å². The molecule has 0 heterocycles. The SMILES string of the molecule is CN=C/C(SF)=C(\C)N=C(C=C(C)C)c1ccccc1C. The Labute approximate surface area is 130 Å². The predicted molar refractivity (Wildman–Crippen MR) is 93.0 cm³/mol. The summed E-state index contributed by atoms with van der Waals surface area (Å²) in [6, 6.07) is 8.04. The fourth-order valence-electron chi connectivity index (χ4n) is 1.83. The molecule has 0 radical (unpaired) electrons. The molecule has 0 unspecified atom stereocenters. The molecule has 0 N–H and O–H groups in total. The summed E-state index contributed by atoms with van der Waals surface area (Å²) in [7, 11) is 1.62. The van der Waals surface area contributed by atoms with Crippen LogP contribution >= 0.6 is 12.1 Å². The highest BCUT2D eigenvalue weighted by Crippen LogP contribution is 2.21. The minimum Gasteiger partial charge on any atom is -0.295 e. The summed E-state index contributed by atoms with van der Waals surface area (Å²) < 4.78 is 13.0. The van der Waals surface area contributed by atoms with Crippen molar-refractivity contribution in [3.05, 3.63) is 57.6 Å². The van der Waals surface area contributed by atoms with Gasteiger partial charge >= 0.3 is 0 Å². The third-order valence-electron chi connectivity index (χ3n) is 2.82. The van der Waals surface area contributed by atoms with Crippen LogP contribution in [0.1, 0.15) is 31.9 Å². The van der Waals surface area contributed by atoms with Crippen LogP contribution in [0, 0.1) is 6.92 Å². The van der Waals surface area contributed by atoms with Gasteiger partial charge < -0.3 is 0 Å². The van der Waals surface area contributed by atoms with E-state index in [0.717, 1.165) is 22.4 Å². The van der Waals surface area contributed by atoms with Gasteiger partial charge in [-0.1, -0.05) is 29.8 Å². The number of rotatable bonds is 5. The lowest BCUT2D eigenvalue weighted by molar-refractivity contribution is 0.944. The molecule has 1 aromatic rings. The standard InChI is InChI=1S/C17H21FN2S/c1-12(2)10-16(15-9-7-6-8-13(15)3)20-14(4)17(21-18)11-19-5/h6-11H,1-5H3/b17-14-,19-11?,20-16?. The fraction of sp³-hybridized carbons (Fsp3) is 0.294. The van der Waals surface area contributed by atoms with Gasteiger partial charge in [0.2, 0.25) is 0 Å². The van der Waals surface area contributed by atoms with Crippen molar-refractivity contribution in [2.24, 2.45) is 9.98 Å². The maximum absolute atomic E-state index is 13.0. The zero-order valence-electron chi connectivity index (χ0n) is 13.1. The molecule has 2 nitrogen and oxygen atoms in total. The minimum atomic E-state index is 0.165. The Morgan fingerprint density at radius 2 is 1.86 bits per heavy atom. The number of hydrogen-bond donors (Lipinski definition) is 0. The number of aryl methyl sites for hydroxylation is 1. The first-order chi connectivity index (χ1) is 9.99. The third-order valence-corrected chi connectivity index (χ3v) is 3.39. The van der Waals surface area contributed by atoms with Gasteiger partial charge in [0, 0.05) is 18.8 Å². The van der Waals surface area contributed by atoms with Gasteiger partial charge in [-0.2, -0.15) is 3.89 Å². The largest absolute Gasteiger partial charge is 0.295 e. The molecule has 0 aromatic heterocycles. The molecule has 0 bridgehead atoms. The molecule has 0 aliphatic rings.